The van der Waals surface area contributed by atoms with Crippen molar-refractivity contribution in [2.24, 2.45) is 5.41 Å². The number of tetrazole rings is 1. The second-order valence-electron chi connectivity index (χ2n) is 4.30. The minimum absolute atomic E-state index is 0.248. The molecule has 0 aromatic carbocycles. The molecule has 1 heterocycles. The zero-order valence-electron chi connectivity index (χ0n) is 9.41. The number of nitrogens with zero attached hydrogens (tertiary/aromatic N) is 4. The van der Waals surface area contributed by atoms with Crippen molar-refractivity contribution in [3.05, 3.63) is 5.82 Å². The van der Waals surface area contributed by atoms with E-state index in [4.69, 9.17) is 0 Å². The standard InChI is InChI=1S/C9H19N5/c1-5-9(2,3)7-14-8(6-10-4)11-12-13-14/h10H,5-7H2,1-4H3. The van der Waals surface area contributed by atoms with Crippen molar-refractivity contribution in [3.63, 3.8) is 0 Å². The van der Waals surface area contributed by atoms with E-state index in [1.165, 1.54) is 0 Å². The molecule has 5 heteroatoms. The summed E-state index contributed by atoms with van der Waals surface area (Å²) in [5.74, 6) is 0.897. The smallest absolute Gasteiger partial charge is 0.165 e. The van der Waals surface area contributed by atoms with Gasteiger partial charge in [0.15, 0.2) is 5.82 Å². The predicted molar refractivity (Wildman–Crippen MR) is 54.7 cm³/mol. The number of hydrogen-bond donors (Lipinski definition) is 1. The van der Waals surface area contributed by atoms with Crippen LogP contribution < -0.4 is 5.32 Å². The predicted octanol–water partition coefficient (Wildman–Crippen LogP) is 0.829. The molecule has 1 N–H and O–H groups in total. The third-order valence-corrected chi connectivity index (χ3v) is 2.48. The lowest BCUT2D eigenvalue weighted by Crippen LogP contribution is -2.23. The minimum atomic E-state index is 0.248. The molecule has 0 atom stereocenters. The molecule has 0 aliphatic heterocycles. The monoisotopic (exact) mass is 197 g/mol. The molecular weight excluding hydrogens is 178 g/mol. The van der Waals surface area contributed by atoms with Crippen molar-refractivity contribution in [1.82, 2.24) is 25.5 Å². The van der Waals surface area contributed by atoms with Crippen LogP contribution in [0.1, 0.15) is 33.0 Å². The van der Waals surface area contributed by atoms with E-state index in [1.54, 1.807) is 0 Å². The largest absolute Gasteiger partial charge is 0.313 e. The van der Waals surface area contributed by atoms with Gasteiger partial charge in [0.05, 0.1) is 6.54 Å². The first-order valence-electron chi connectivity index (χ1n) is 4.98. The SMILES string of the molecule is CCC(C)(C)Cn1nnnc1CNC. The molecule has 0 aliphatic rings. The summed E-state index contributed by atoms with van der Waals surface area (Å²) < 4.78 is 1.88. The lowest BCUT2D eigenvalue weighted by Gasteiger charge is -2.22. The maximum atomic E-state index is 3.98. The van der Waals surface area contributed by atoms with Gasteiger partial charge in [-0.2, -0.15) is 0 Å². The van der Waals surface area contributed by atoms with Crippen LogP contribution in [0.2, 0.25) is 0 Å². The average molecular weight is 197 g/mol. The molecule has 80 valence electrons. The van der Waals surface area contributed by atoms with Crippen LogP contribution >= 0.6 is 0 Å². The molecule has 0 saturated heterocycles. The van der Waals surface area contributed by atoms with Crippen LogP contribution in [0.4, 0.5) is 0 Å². The fourth-order valence-electron chi connectivity index (χ4n) is 1.15. The van der Waals surface area contributed by atoms with Crippen LogP contribution in [0.25, 0.3) is 0 Å². The summed E-state index contributed by atoms with van der Waals surface area (Å²) in [6, 6.07) is 0. The maximum Gasteiger partial charge on any atom is 0.165 e. The summed E-state index contributed by atoms with van der Waals surface area (Å²) in [4.78, 5) is 0. The van der Waals surface area contributed by atoms with E-state index in [2.05, 4.69) is 41.6 Å². The summed E-state index contributed by atoms with van der Waals surface area (Å²) in [5.41, 5.74) is 0.248. The molecule has 1 aromatic rings. The molecule has 5 nitrogen and oxygen atoms in total. The van der Waals surface area contributed by atoms with Crippen molar-refractivity contribution in [3.8, 4) is 0 Å². The summed E-state index contributed by atoms with van der Waals surface area (Å²) >= 11 is 0. The van der Waals surface area contributed by atoms with E-state index in [9.17, 15) is 0 Å². The van der Waals surface area contributed by atoms with Gasteiger partial charge >= 0.3 is 0 Å². The normalized spacial score (nSPS) is 12.0. The molecule has 0 aliphatic carbocycles. The fraction of sp³-hybridized carbons (Fsp3) is 0.889. The molecule has 0 unspecified atom stereocenters. The first kappa shape index (κ1) is 11.1. The maximum absolute atomic E-state index is 3.98. The zero-order chi connectivity index (χ0) is 10.6. The zero-order valence-corrected chi connectivity index (χ0v) is 9.41. The molecule has 0 saturated carbocycles. The van der Waals surface area contributed by atoms with Gasteiger partial charge in [-0.25, -0.2) is 4.68 Å². The Bertz CT molecular complexity index is 278. The van der Waals surface area contributed by atoms with Gasteiger partial charge in [0.2, 0.25) is 0 Å². The first-order valence-corrected chi connectivity index (χ1v) is 4.98. The highest BCUT2D eigenvalue weighted by atomic mass is 15.5. The molecule has 0 radical (unpaired) electrons. The molecular formula is C9H19N5. The quantitative estimate of drug-likeness (QED) is 0.759. The Morgan fingerprint density at radius 2 is 2.14 bits per heavy atom. The van der Waals surface area contributed by atoms with E-state index < -0.39 is 0 Å². The number of hydrogen-bond acceptors (Lipinski definition) is 4. The summed E-state index contributed by atoms with van der Waals surface area (Å²) in [6.07, 6.45) is 1.12. The van der Waals surface area contributed by atoms with Gasteiger partial charge in [0, 0.05) is 6.54 Å². The van der Waals surface area contributed by atoms with E-state index in [1.807, 2.05) is 11.7 Å². The lowest BCUT2D eigenvalue weighted by molar-refractivity contribution is 0.272. The lowest BCUT2D eigenvalue weighted by atomic mass is 9.90. The molecule has 14 heavy (non-hydrogen) atoms. The summed E-state index contributed by atoms with van der Waals surface area (Å²) in [6.45, 7) is 8.21. The van der Waals surface area contributed by atoms with Gasteiger partial charge < -0.3 is 5.32 Å². The third kappa shape index (κ3) is 2.77. The molecule has 1 rings (SSSR count). The van der Waals surface area contributed by atoms with Crippen LogP contribution in [0.5, 0.6) is 0 Å². The first-order chi connectivity index (χ1) is 6.59. The molecule has 0 amide bonds. The Labute approximate surface area is 84.9 Å². The van der Waals surface area contributed by atoms with Gasteiger partial charge in [-0.3, -0.25) is 0 Å². The van der Waals surface area contributed by atoms with Crippen molar-refractivity contribution in [2.45, 2.75) is 40.3 Å². The van der Waals surface area contributed by atoms with E-state index in [0.717, 1.165) is 18.8 Å². The van der Waals surface area contributed by atoms with Gasteiger partial charge in [-0.15, -0.1) is 5.10 Å². The topological polar surface area (TPSA) is 55.6 Å². The van der Waals surface area contributed by atoms with Gasteiger partial charge in [0.25, 0.3) is 0 Å². The molecule has 0 bridgehead atoms. The van der Waals surface area contributed by atoms with Crippen molar-refractivity contribution in [2.75, 3.05) is 7.05 Å². The number of rotatable bonds is 5. The summed E-state index contributed by atoms with van der Waals surface area (Å²) in [5, 5.41) is 14.7. The van der Waals surface area contributed by atoms with E-state index >= 15 is 0 Å². The van der Waals surface area contributed by atoms with Gasteiger partial charge in [0.1, 0.15) is 0 Å². The third-order valence-electron chi connectivity index (χ3n) is 2.48. The molecule has 0 fully saturated rings. The van der Waals surface area contributed by atoms with Crippen LogP contribution in [0, 0.1) is 5.41 Å². The summed E-state index contributed by atoms with van der Waals surface area (Å²) in [7, 11) is 1.89. The average Bonchev–Trinajstić information content (AvgIpc) is 2.53. The Balaban J connectivity index is 2.70. The van der Waals surface area contributed by atoms with E-state index in [0.29, 0.717) is 6.54 Å². The number of nitrogens with one attached hydrogen (secondary N) is 1. The second-order valence-corrected chi connectivity index (χ2v) is 4.30. The van der Waals surface area contributed by atoms with Crippen LogP contribution in [0.15, 0.2) is 0 Å². The highest BCUT2D eigenvalue weighted by Crippen LogP contribution is 2.21. The van der Waals surface area contributed by atoms with Crippen LogP contribution in [0.3, 0.4) is 0 Å². The van der Waals surface area contributed by atoms with Crippen LogP contribution in [-0.4, -0.2) is 27.3 Å². The Morgan fingerprint density at radius 1 is 1.43 bits per heavy atom. The van der Waals surface area contributed by atoms with Crippen molar-refractivity contribution in [1.29, 1.82) is 0 Å². The Kier molecular flexibility index (Phi) is 3.57. The van der Waals surface area contributed by atoms with Gasteiger partial charge in [-0.1, -0.05) is 20.8 Å². The highest BCUT2D eigenvalue weighted by Gasteiger charge is 2.18. The minimum Gasteiger partial charge on any atom is -0.313 e. The Hall–Kier alpha value is -0.970. The second kappa shape index (κ2) is 4.50. The highest BCUT2D eigenvalue weighted by molar-refractivity contribution is 4.81. The number of aromatic nitrogens is 4. The van der Waals surface area contributed by atoms with Crippen molar-refractivity contribution < 1.29 is 0 Å². The Morgan fingerprint density at radius 3 is 2.71 bits per heavy atom. The van der Waals surface area contributed by atoms with Gasteiger partial charge in [-0.05, 0) is 29.3 Å². The van der Waals surface area contributed by atoms with Crippen molar-refractivity contribution >= 4 is 0 Å². The van der Waals surface area contributed by atoms with E-state index in [-0.39, 0.29) is 5.41 Å². The molecule has 0 spiro atoms. The fourth-order valence-corrected chi connectivity index (χ4v) is 1.15. The molecule has 1 aromatic heterocycles. The van der Waals surface area contributed by atoms with Crippen LogP contribution in [-0.2, 0) is 13.1 Å².